The standard InChI is InChI=1S/C20H15F6N3S3/c21-12-3-10(4-13(22)18(12)27)31-8-29-20-16(25)5-11(6-17(20)26)32-7-28-19-14(23)1-9(30)2-15(19)24/h1-6,28-30H,7-8,27H2. The van der Waals surface area contributed by atoms with Gasteiger partial charge in [0.05, 0.1) is 11.8 Å². The minimum atomic E-state index is -0.929. The van der Waals surface area contributed by atoms with Crippen LogP contribution in [0.2, 0.25) is 0 Å². The van der Waals surface area contributed by atoms with Gasteiger partial charge in [-0.15, -0.1) is 36.2 Å². The second-order valence-corrected chi connectivity index (χ2v) is 8.89. The number of hydrogen-bond donors (Lipinski definition) is 4. The number of rotatable bonds is 8. The highest BCUT2D eigenvalue weighted by Crippen LogP contribution is 2.30. The summed E-state index contributed by atoms with van der Waals surface area (Å²) in [4.78, 5) is 0.487. The molecule has 0 aromatic heterocycles. The fraction of sp³-hybridized carbons (Fsp3) is 0.100. The van der Waals surface area contributed by atoms with E-state index in [1.54, 1.807) is 0 Å². The van der Waals surface area contributed by atoms with E-state index >= 15 is 0 Å². The summed E-state index contributed by atoms with van der Waals surface area (Å²) in [7, 11) is 0. The quantitative estimate of drug-likeness (QED) is 0.0897. The van der Waals surface area contributed by atoms with Crippen LogP contribution in [0.1, 0.15) is 0 Å². The first kappa shape index (κ1) is 24.3. The SMILES string of the molecule is Nc1c(F)cc(SCNc2c(F)cc(SCNc3c(F)cc(S)cc3F)cc2F)cc1F. The zero-order valence-electron chi connectivity index (χ0n) is 16.0. The van der Waals surface area contributed by atoms with Crippen LogP contribution in [0.5, 0.6) is 0 Å². The van der Waals surface area contributed by atoms with Crippen molar-refractivity contribution >= 4 is 53.2 Å². The van der Waals surface area contributed by atoms with E-state index < -0.39 is 46.3 Å². The third kappa shape index (κ3) is 5.93. The molecule has 0 atom stereocenters. The summed E-state index contributed by atoms with van der Waals surface area (Å²) >= 11 is 5.71. The van der Waals surface area contributed by atoms with Gasteiger partial charge in [-0.1, -0.05) is 0 Å². The largest absolute Gasteiger partial charge is 0.394 e. The minimum Gasteiger partial charge on any atom is -0.394 e. The average molecular weight is 508 g/mol. The van der Waals surface area contributed by atoms with Crippen LogP contribution in [-0.4, -0.2) is 11.8 Å². The second kappa shape index (κ2) is 10.5. The van der Waals surface area contributed by atoms with Crippen molar-refractivity contribution in [3.63, 3.8) is 0 Å². The Morgan fingerprint density at radius 1 is 0.625 bits per heavy atom. The predicted octanol–water partition coefficient (Wildman–Crippen LogP) is 6.72. The molecule has 3 nitrogen and oxygen atoms in total. The maximum absolute atomic E-state index is 14.3. The van der Waals surface area contributed by atoms with E-state index in [2.05, 4.69) is 23.3 Å². The second-order valence-electron chi connectivity index (χ2n) is 6.28. The van der Waals surface area contributed by atoms with Gasteiger partial charge in [-0.05, 0) is 36.4 Å². The lowest BCUT2D eigenvalue weighted by molar-refractivity contribution is 0.582. The Kier molecular flexibility index (Phi) is 8.01. The minimum absolute atomic E-state index is 0.0600. The van der Waals surface area contributed by atoms with Gasteiger partial charge in [-0.3, -0.25) is 0 Å². The highest BCUT2D eigenvalue weighted by atomic mass is 32.2. The van der Waals surface area contributed by atoms with Gasteiger partial charge in [0.15, 0.2) is 0 Å². The maximum Gasteiger partial charge on any atom is 0.150 e. The van der Waals surface area contributed by atoms with E-state index in [9.17, 15) is 26.3 Å². The monoisotopic (exact) mass is 507 g/mol. The van der Waals surface area contributed by atoms with Gasteiger partial charge in [-0.25, -0.2) is 26.3 Å². The van der Waals surface area contributed by atoms with Gasteiger partial charge in [0.25, 0.3) is 0 Å². The molecule has 0 unspecified atom stereocenters. The molecular weight excluding hydrogens is 492 g/mol. The lowest BCUT2D eigenvalue weighted by Gasteiger charge is -2.12. The van der Waals surface area contributed by atoms with E-state index in [1.165, 1.54) is 0 Å². The first-order chi connectivity index (χ1) is 15.2. The third-order valence-electron chi connectivity index (χ3n) is 4.07. The number of thiol groups is 1. The normalized spacial score (nSPS) is 11.0. The number of thioether (sulfide) groups is 2. The fourth-order valence-corrected chi connectivity index (χ4v) is 4.30. The molecule has 3 rings (SSSR count). The van der Waals surface area contributed by atoms with Gasteiger partial charge >= 0.3 is 0 Å². The van der Waals surface area contributed by atoms with Crippen LogP contribution in [0, 0.1) is 34.9 Å². The molecule has 0 radical (unpaired) electrons. The van der Waals surface area contributed by atoms with Crippen LogP contribution >= 0.6 is 36.2 Å². The lowest BCUT2D eigenvalue weighted by Crippen LogP contribution is -2.05. The summed E-state index contributed by atoms with van der Waals surface area (Å²) in [5.41, 5.74) is 3.79. The molecular formula is C20H15F6N3S3. The number of anilines is 3. The molecule has 0 saturated carbocycles. The molecule has 170 valence electrons. The van der Waals surface area contributed by atoms with Gasteiger partial charge in [-0.2, -0.15) is 0 Å². The van der Waals surface area contributed by atoms with Crippen molar-refractivity contribution in [2.75, 3.05) is 28.1 Å². The highest BCUT2D eigenvalue weighted by Gasteiger charge is 2.14. The zero-order valence-corrected chi connectivity index (χ0v) is 18.5. The summed E-state index contributed by atoms with van der Waals surface area (Å²) in [6.07, 6.45) is 0. The maximum atomic E-state index is 14.3. The van der Waals surface area contributed by atoms with Crippen molar-refractivity contribution in [3.05, 3.63) is 71.3 Å². The molecule has 32 heavy (non-hydrogen) atoms. The Labute approximate surface area is 193 Å². The van der Waals surface area contributed by atoms with Crippen LogP contribution in [0.3, 0.4) is 0 Å². The Bertz CT molecular complexity index is 1080. The van der Waals surface area contributed by atoms with E-state index in [4.69, 9.17) is 5.73 Å². The molecule has 0 fully saturated rings. The van der Waals surface area contributed by atoms with Crippen LogP contribution < -0.4 is 16.4 Å². The van der Waals surface area contributed by atoms with Crippen molar-refractivity contribution < 1.29 is 26.3 Å². The molecule has 0 aliphatic rings. The molecule has 0 amide bonds. The van der Waals surface area contributed by atoms with Gasteiger partial charge < -0.3 is 16.4 Å². The highest BCUT2D eigenvalue weighted by molar-refractivity contribution is 7.99. The van der Waals surface area contributed by atoms with E-state index in [0.717, 1.165) is 59.9 Å². The van der Waals surface area contributed by atoms with Crippen molar-refractivity contribution in [1.29, 1.82) is 0 Å². The number of nitrogens with two attached hydrogens (primary N) is 1. The molecule has 0 aliphatic heterocycles. The summed E-state index contributed by atoms with van der Waals surface area (Å²) in [5, 5.41) is 5.04. The Morgan fingerprint density at radius 3 is 1.38 bits per heavy atom. The van der Waals surface area contributed by atoms with Crippen LogP contribution in [-0.2, 0) is 0 Å². The Morgan fingerprint density at radius 2 is 0.969 bits per heavy atom. The number of benzene rings is 3. The third-order valence-corrected chi connectivity index (χ3v) is 6.04. The number of halogens is 6. The first-order valence-electron chi connectivity index (χ1n) is 8.80. The smallest absolute Gasteiger partial charge is 0.150 e. The zero-order chi connectivity index (χ0) is 23.4. The lowest BCUT2D eigenvalue weighted by atomic mass is 10.3. The molecule has 0 bridgehead atoms. The molecule has 3 aromatic carbocycles. The van der Waals surface area contributed by atoms with Gasteiger partial charge in [0.1, 0.15) is 52.0 Å². The fourth-order valence-electron chi connectivity index (χ4n) is 2.56. The number of nitrogens with one attached hydrogen (secondary N) is 2. The summed E-state index contributed by atoms with van der Waals surface area (Å²) < 4.78 is 83.2. The molecule has 0 heterocycles. The van der Waals surface area contributed by atoms with Crippen LogP contribution in [0.25, 0.3) is 0 Å². The number of nitrogen functional groups attached to an aromatic ring is 1. The molecule has 0 spiro atoms. The van der Waals surface area contributed by atoms with E-state index in [1.807, 2.05) is 0 Å². The molecule has 3 aromatic rings. The van der Waals surface area contributed by atoms with Crippen molar-refractivity contribution in [1.82, 2.24) is 0 Å². The predicted molar refractivity (Wildman–Crippen MR) is 119 cm³/mol. The average Bonchev–Trinajstić information content (AvgIpc) is 2.70. The Hall–Kier alpha value is -2.31. The van der Waals surface area contributed by atoms with Crippen molar-refractivity contribution in [3.8, 4) is 0 Å². The van der Waals surface area contributed by atoms with Crippen LogP contribution in [0.15, 0.2) is 51.1 Å². The molecule has 0 aliphatic carbocycles. The summed E-state index contributed by atoms with van der Waals surface area (Å²) in [5.74, 6) is -5.49. The topological polar surface area (TPSA) is 50.1 Å². The van der Waals surface area contributed by atoms with E-state index in [-0.39, 0.29) is 32.1 Å². The summed E-state index contributed by atoms with van der Waals surface area (Å²) in [6.45, 7) is 0. The molecule has 12 heteroatoms. The van der Waals surface area contributed by atoms with Gasteiger partial charge in [0, 0.05) is 14.7 Å². The number of hydrogen-bond acceptors (Lipinski definition) is 6. The summed E-state index contributed by atoms with van der Waals surface area (Å²) in [6, 6.07) is 6.19. The molecule has 0 saturated heterocycles. The molecule has 4 N–H and O–H groups in total. The van der Waals surface area contributed by atoms with Crippen molar-refractivity contribution in [2.45, 2.75) is 14.7 Å². The van der Waals surface area contributed by atoms with Crippen molar-refractivity contribution in [2.24, 2.45) is 0 Å². The first-order valence-corrected chi connectivity index (χ1v) is 11.2. The van der Waals surface area contributed by atoms with Crippen LogP contribution in [0.4, 0.5) is 43.4 Å². The van der Waals surface area contributed by atoms with Gasteiger partial charge in [0.2, 0.25) is 0 Å². The Balaban J connectivity index is 1.59. The van der Waals surface area contributed by atoms with E-state index in [0.29, 0.717) is 0 Å².